The van der Waals surface area contributed by atoms with Crippen LogP contribution in [0.15, 0.2) is 97.6 Å². The lowest BCUT2D eigenvalue weighted by atomic mass is 10.2. The Hall–Kier alpha value is -4.39. The molecule has 2 heterocycles. The van der Waals surface area contributed by atoms with Crippen molar-refractivity contribution in [1.29, 1.82) is 0 Å². The fourth-order valence-corrected chi connectivity index (χ4v) is 2.77. The number of nitrogens with one attached hydrogen (secondary N) is 4. The van der Waals surface area contributed by atoms with Gasteiger partial charge in [0, 0.05) is 58.9 Å². The highest BCUT2D eigenvalue weighted by molar-refractivity contribution is 5.99. The lowest BCUT2D eigenvalue weighted by Crippen LogP contribution is -2.19. The molecule has 0 spiro atoms. The molecule has 4 N–H and O–H groups in total. The van der Waals surface area contributed by atoms with Crippen LogP contribution < -0.4 is 21.3 Å². The first-order chi connectivity index (χ1) is 14.7. The molecule has 4 aromatic rings. The Bertz CT molecular complexity index is 995. The van der Waals surface area contributed by atoms with Gasteiger partial charge in [0.1, 0.15) is 0 Å². The summed E-state index contributed by atoms with van der Waals surface area (Å²) in [6, 6.07) is 22.2. The molecule has 0 unspecified atom stereocenters. The summed E-state index contributed by atoms with van der Waals surface area (Å²) in [5.74, 6) is 0. The van der Waals surface area contributed by atoms with Crippen LogP contribution in [0.5, 0.6) is 0 Å². The van der Waals surface area contributed by atoms with Crippen LogP contribution in [0.2, 0.25) is 0 Å². The largest absolute Gasteiger partial charge is 0.355 e. The molecule has 0 aliphatic heterocycles. The van der Waals surface area contributed by atoms with E-state index in [0.717, 1.165) is 22.7 Å². The monoisotopic (exact) mass is 396 g/mol. The fourth-order valence-electron chi connectivity index (χ4n) is 2.77. The zero-order chi connectivity index (χ0) is 20.6. The van der Waals surface area contributed by atoms with Gasteiger partial charge >= 0.3 is 6.03 Å². The summed E-state index contributed by atoms with van der Waals surface area (Å²) in [5, 5.41) is 12.2. The molecule has 4 rings (SSSR count). The average molecular weight is 396 g/mol. The Kier molecular flexibility index (Phi) is 5.81. The summed E-state index contributed by atoms with van der Waals surface area (Å²) in [5.41, 5.74) is 5.14. The minimum Gasteiger partial charge on any atom is -0.355 e. The van der Waals surface area contributed by atoms with Gasteiger partial charge in [0.05, 0.1) is 0 Å². The number of benzene rings is 2. The minimum absolute atomic E-state index is 0.306. The predicted molar refractivity (Wildman–Crippen MR) is 121 cm³/mol. The van der Waals surface area contributed by atoms with Crippen LogP contribution in [-0.2, 0) is 0 Å². The second-order valence-corrected chi connectivity index (χ2v) is 6.46. The van der Waals surface area contributed by atoms with E-state index in [2.05, 4.69) is 31.2 Å². The van der Waals surface area contributed by atoms with Gasteiger partial charge in [0.15, 0.2) is 0 Å². The predicted octanol–water partition coefficient (Wildman–Crippen LogP) is 5.61. The standard InChI is InChI=1S/C23H20N6O/c30-23(28-19-5-1-17(2-6-19)26-21-9-13-24-14-10-21)29-20-7-3-18(4-8-20)27-22-11-15-25-16-12-22/h1-16H,(H,24,26)(H,25,27)(H2,28,29,30). The van der Waals surface area contributed by atoms with Crippen molar-refractivity contribution in [2.45, 2.75) is 0 Å². The highest BCUT2D eigenvalue weighted by Crippen LogP contribution is 2.20. The van der Waals surface area contributed by atoms with Crippen LogP contribution >= 0.6 is 0 Å². The topological polar surface area (TPSA) is 91.0 Å². The first-order valence-electron chi connectivity index (χ1n) is 9.37. The first-order valence-corrected chi connectivity index (χ1v) is 9.37. The Morgan fingerprint density at radius 2 is 0.767 bits per heavy atom. The van der Waals surface area contributed by atoms with E-state index in [1.54, 1.807) is 24.8 Å². The van der Waals surface area contributed by atoms with Gasteiger partial charge in [-0.3, -0.25) is 9.97 Å². The second kappa shape index (κ2) is 9.20. The van der Waals surface area contributed by atoms with Gasteiger partial charge in [-0.25, -0.2) is 4.79 Å². The molecule has 7 nitrogen and oxygen atoms in total. The summed E-state index contributed by atoms with van der Waals surface area (Å²) >= 11 is 0. The zero-order valence-electron chi connectivity index (χ0n) is 16.0. The fraction of sp³-hybridized carbons (Fsp3) is 0. The van der Waals surface area contributed by atoms with Crippen LogP contribution in [0.3, 0.4) is 0 Å². The third-order valence-electron chi connectivity index (χ3n) is 4.22. The van der Waals surface area contributed by atoms with Gasteiger partial charge in [0.2, 0.25) is 0 Å². The van der Waals surface area contributed by atoms with E-state index in [9.17, 15) is 4.79 Å². The van der Waals surface area contributed by atoms with Gasteiger partial charge in [-0.15, -0.1) is 0 Å². The van der Waals surface area contributed by atoms with E-state index < -0.39 is 0 Å². The number of hydrogen-bond acceptors (Lipinski definition) is 5. The molecule has 30 heavy (non-hydrogen) atoms. The highest BCUT2D eigenvalue weighted by Gasteiger charge is 2.04. The van der Waals surface area contributed by atoms with Crippen molar-refractivity contribution >= 4 is 40.2 Å². The molecule has 0 saturated carbocycles. The van der Waals surface area contributed by atoms with Crippen LogP contribution in [-0.4, -0.2) is 16.0 Å². The molecule has 0 saturated heterocycles. The summed E-state index contributed by atoms with van der Waals surface area (Å²) in [6.07, 6.45) is 6.91. The molecular weight excluding hydrogens is 376 g/mol. The lowest BCUT2D eigenvalue weighted by molar-refractivity contribution is 0.262. The Morgan fingerprint density at radius 1 is 0.467 bits per heavy atom. The van der Waals surface area contributed by atoms with Gasteiger partial charge in [-0.2, -0.15) is 0 Å². The molecule has 2 aromatic heterocycles. The third-order valence-corrected chi connectivity index (χ3v) is 4.22. The molecule has 2 aromatic carbocycles. The molecular formula is C23H20N6O. The molecule has 0 radical (unpaired) electrons. The molecule has 0 aliphatic carbocycles. The maximum Gasteiger partial charge on any atom is 0.323 e. The number of amides is 2. The second-order valence-electron chi connectivity index (χ2n) is 6.46. The maximum atomic E-state index is 12.3. The summed E-state index contributed by atoms with van der Waals surface area (Å²) in [6.45, 7) is 0. The molecule has 7 heteroatoms. The highest BCUT2D eigenvalue weighted by atomic mass is 16.2. The maximum absolute atomic E-state index is 12.3. The number of carbonyl (C=O) groups is 1. The molecule has 0 fully saturated rings. The Labute approximate surface area is 174 Å². The Balaban J connectivity index is 1.30. The zero-order valence-corrected chi connectivity index (χ0v) is 16.0. The van der Waals surface area contributed by atoms with Crippen LogP contribution in [0.25, 0.3) is 0 Å². The third kappa shape index (κ3) is 5.32. The molecule has 0 bridgehead atoms. The van der Waals surface area contributed by atoms with E-state index in [1.807, 2.05) is 72.8 Å². The Morgan fingerprint density at radius 3 is 1.13 bits per heavy atom. The van der Waals surface area contributed by atoms with Crippen LogP contribution in [0.1, 0.15) is 0 Å². The first kappa shape index (κ1) is 18.9. The van der Waals surface area contributed by atoms with Gasteiger partial charge in [-0.05, 0) is 72.8 Å². The normalized spacial score (nSPS) is 10.1. The van der Waals surface area contributed by atoms with Gasteiger partial charge in [-0.1, -0.05) is 0 Å². The number of hydrogen-bond donors (Lipinski definition) is 4. The van der Waals surface area contributed by atoms with Crippen LogP contribution in [0, 0.1) is 0 Å². The summed E-state index contributed by atoms with van der Waals surface area (Å²) < 4.78 is 0. The van der Waals surface area contributed by atoms with Crippen molar-refractivity contribution in [2.75, 3.05) is 21.3 Å². The van der Waals surface area contributed by atoms with E-state index in [4.69, 9.17) is 0 Å². The van der Waals surface area contributed by atoms with E-state index >= 15 is 0 Å². The SMILES string of the molecule is O=C(Nc1ccc(Nc2ccncc2)cc1)Nc1ccc(Nc2ccncc2)cc1. The average Bonchev–Trinajstić information content (AvgIpc) is 2.78. The van der Waals surface area contributed by atoms with E-state index in [-0.39, 0.29) is 6.03 Å². The summed E-state index contributed by atoms with van der Waals surface area (Å²) in [7, 11) is 0. The van der Waals surface area contributed by atoms with Crippen molar-refractivity contribution in [3.05, 3.63) is 97.6 Å². The number of anilines is 6. The van der Waals surface area contributed by atoms with Crippen LogP contribution in [0.4, 0.5) is 38.9 Å². The van der Waals surface area contributed by atoms with Crippen molar-refractivity contribution in [2.24, 2.45) is 0 Å². The van der Waals surface area contributed by atoms with Crippen molar-refractivity contribution in [1.82, 2.24) is 9.97 Å². The molecule has 0 aliphatic rings. The van der Waals surface area contributed by atoms with Crippen molar-refractivity contribution < 1.29 is 4.79 Å². The van der Waals surface area contributed by atoms with Gasteiger partial charge in [0.25, 0.3) is 0 Å². The number of carbonyl (C=O) groups excluding carboxylic acids is 1. The van der Waals surface area contributed by atoms with Crippen molar-refractivity contribution in [3.8, 4) is 0 Å². The molecule has 0 atom stereocenters. The van der Waals surface area contributed by atoms with Gasteiger partial charge < -0.3 is 21.3 Å². The minimum atomic E-state index is -0.306. The number of aromatic nitrogens is 2. The number of nitrogens with zero attached hydrogens (tertiary/aromatic N) is 2. The quantitative estimate of drug-likeness (QED) is 0.340. The smallest absolute Gasteiger partial charge is 0.323 e. The summed E-state index contributed by atoms with van der Waals surface area (Å²) in [4.78, 5) is 20.2. The molecule has 148 valence electrons. The van der Waals surface area contributed by atoms with E-state index in [0.29, 0.717) is 11.4 Å². The lowest BCUT2D eigenvalue weighted by Gasteiger charge is -2.11. The number of urea groups is 1. The number of rotatable bonds is 6. The number of pyridine rings is 2. The molecule has 2 amide bonds. The van der Waals surface area contributed by atoms with E-state index in [1.165, 1.54) is 0 Å². The van der Waals surface area contributed by atoms with Crippen molar-refractivity contribution in [3.63, 3.8) is 0 Å².